The number of hydrogen-bond donors (Lipinski definition) is 2. The van der Waals surface area contributed by atoms with Crippen LogP contribution in [-0.4, -0.2) is 34.9 Å². The number of benzene rings is 1. The molecule has 1 aromatic heterocycles. The zero-order chi connectivity index (χ0) is 18.1. The number of nitrogens with one attached hydrogen (secondary N) is 1. The lowest BCUT2D eigenvalue weighted by Gasteiger charge is -2.17. The van der Waals surface area contributed by atoms with Crippen molar-refractivity contribution in [3.05, 3.63) is 69.1 Å². The van der Waals surface area contributed by atoms with Gasteiger partial charge in [0.05, 0.1) is 0 Å². The maximum absolute atomic E-state index is 13.0. The number of aromatic nitrogens is 1. The molecule has 1 fully saturated rings. The number of fused-ring (bicyclic) bond motifs is 1. The Bertz CT molecular complexity index is 865. The van der Waals surface area contributed by atoms with Gasteiger partial charge in [-0.05, 0) is 42.9 Å². The van der Waals surface area contributed by atoms with Gasteiger partial charge in [0.2, 0.25) is 0 Å². The van der Waals surface area contributed by atoms with Gasteiger partial charge in [0, 0.05) is 30.7 Å². The monoisotopic (exact) mass is 387 g/mol. The first-order chi connectivity index (χ1) is 12.6. The molecule has 2 atom stereocenters. The number of likely N-dealkylation sites (tertiary alicyclic amines) is 1. The molecule has 3 N–H and O–H groups in total. The van der Waals surface area contributed by atoms with Gasteiger partial charge in [0.1, 0.15) is 5.56 Å². The van der Waals surface area contributed by atoms with Crippen LogP contribution < -0.4 is 11.3 Å². The Balaban J connectivity index is 0.00000210. The Labute approximate surface area is 165 Å². The van der Waals surface area contributed by atoms with E-state index in [-0.39, 0.29) is 41.4 Å². The average molecular weight is 388 g/mol. The third-order valence-electron chi connectivity index (χ3n) is 5.70. The quantitative estimate of drug-likeness (QED) is 0.777. The van der Waals surface area contributed by atoms with Crippen LogP contribution in [0.15, 0.2) is 41.2 Å². The van der Waals surface area contributed by atoms with Gasteiger partial charge in [-0.2, -0.15) is 0 Å². The molecule has 1 aliphatic heterocycles. The van der Waals surface area contributed by atoms with Crippen LogP contribution in [0.3, 0.4) is 0 Å². The van der Waals surface area contributed by atoms with Gasteiger partial charge in [-0.3, -0.25) is 9.59 Å². The van der Waals surface area contributed by atoms with E-state index in [0.29, 0.717) is 13.1 Å². The lowest BCUT2D eigenvalue weighted by atomic mass is 9.95. The van der Waals surface area contributed by atoms with E-state index in [1.165, 1.54) is 6.42 Å². The Morgan fingerprint density at radius 3 is 2.59 bits per heavy atom. The summed E-state index contributed by atoms with van der Waals surface area (Å²) in [5.41, 5.74) is 9.56. The lowest BCUT2D eigenvalue weighted by molar-refractivity contribution is 0.0787. The number of rotatable bonds is 2. The summed E-state index contributed by atoms with van der Waals surface area (Å²) >= 11 is 0. The maximum Gasteiger partial charge on any atom is 0.261 e. The largest absolute Gasteiger partial charge is 0.336 e. The zero-order valence-electron chi connectivity index (χ0n) is 15.3. The summed E-state index contributed by atoms with van der Waals surface area (Å²) in [5.74, 6) is -0.0905. The number of aryl methyl sites for hydroxylation is 2. The standard InChI is InChI=1S/C21H25N3O2.ClH/c22-18-13-24(12-17(18)14-7-3-1-4-8-14)21(26)16-11-15-9-5-2-6-10-19(15)23-20(16)25;/h1,3-4,7-8,11,17-18H,2,5-6,9-10,12-13,22H2,(H,23,25);1H/t17-,18+;/m0./s1. The molecule has 2 aromatic rings. The molecule has 1 saturated heterocycles. The molecule has 2 heterocycles. The van der Waals surface area contributed by atoms with E-state index >= 15 is 0 Å². The Morgan fingerprint density at radius 2 is 1.81 bits per heavy atom. The number of halogens is 1. The lowest BCUT2D eigenvalue weighted by Crippen LogP contribution is -2.35. The first-order valence-corrected chi connectivity index (χ1v) is 9.48. The fraction of sp³-hybridized carbons (Fsp3) is 0.429. The van der Waals surface area contributed by atoms with Gasteiger partial charge in [-0.25, -0.2) is 0 Å². The summed E-state index contributed by atoms with van der Waals surface area (Å²) in [5, 5.41) is 0. The highest BCUT2D eigenvalue weighted by Gasteiger charge is 2.35. The van der Waals surface area contributed by atoms with Gasteiger partial charge in [-0.15, -0.1) is 12.4 Å². The number of aromatic amines is 1. The van der Waals surface area contributed by atoms with Gasteiger partial charge in [0.25, 0.3) is 11.5 Å². The van der Waals surface area contributed by atoms with Crippen molar-refractivity contribution in [2.75, 3.05) is 13.1 Å². The SMILES string of the molecule is Cl.N[C@@H]1CN(C(=O)c2cc3c([nH]c2=O)CCCCC3)C[C@H]1c1ccccc1. The molecule has 6 heteroatoms. The summed E-state index contributed by atoms with van der Waals surface area (Å²) in [6.45, 7) is 1.04. The fourth-order valence-corrected chi connectivity index (χ4v) is 4.23. The average Bonchev–Trinajstić information content (AvgIpc) is 2.90. The van der Waals surface area contributed by atoms with Crippen LogP contribution in [0.1, 0.15) is 52.4 Å². The summed E-state index contributed by atoms with van der Waals surface area (Å²) in [4.78, 5) is 30.2. The van der Waals surface area contributed by atoms with Crippen molar-refractivity contribution >= 4 is 18.3 Å². The minimum atomic E-state index is -0.271. The second-order valence-corrected chi connectivity index (χ2v) is 7.47. The molecule has 1 amide bonds. The van der Waals surface area contributed by atoms with E-state index in [2.05, 4.69) is 4.98 Å². The van der Waals surface area contributed by atoms with Crippen molar-refractivity contribution in [3.8, 4) is 0 Å². The van der Waals surface area contributed by atoms with E-state index in [9.17, 15) is 9.59 Å². The molecule has 5 nitrogen and oxygen atoms in total. The molecule has 144 valence electrons. The number of amides is 1. The highest BCUT2D eigenvalue weighted by atomic mass is 35.5. The number of nitrogens with zero attached hydrogens (tertiary/aromatic N) is 1. The van der Waals surface area contributed by atoms with Crippen LogP contribution in [0.5, 0.6) is 0 Å². The third kappa shape index (κ3) is 3.94. The second-order valence-electron chi connectivity index (χ2n) is 7.47. The Morgan fingerprint density at radius 1 is 1.07 bits per heavy atom. The van der Waals surface area contributed by atoms with Crippen molar-refractivity contribution in [1.29, 1.82) is 0 Å². The third-order valence-corrected chi connectivity index (χ3v) is 5.70. The van der Waals surface area contributed by atoms with E-state index in [1.807, 2.05) is 36.4 Å². The van der Waals surface area contributed by atoms with Crippen molar-refractivity contribution in [2.45, 2.75) is 44.1 Å². The molecule has 0 unspecified atom stereocenters. The first kappa shape index (κ1) is 19.6. The molecule has 27 heavy (non-hydrogen) atoms. The van der Waals surface area contributed by atoms with E-state index < -0.39 is 0 Å². The molecule has 1 aromatic carbocycles. The topological polar surface area (TPSA) is 79.2 Å². The van der Waals surface area contributed by atoms with Crippen molar-refractivity contribution in [3.63, 3.8) is 0 Å². The van der Waals surface area contributed by atoms with Crippen LogP contribution >= 0.6 is 12.4 Å². The van der Waals surface area contributed by atoms with E-state index in [4.69, 9.17) is 5.73 Å². The molecular weight excluding hydrogens is 362 g/mol. The van der Waals surface area contributed by atoms with Crippen LogP contribution in [-0.2, 0) is 12.8 Å². The van der Waals surface area contributed by atoms with Crippen molar-refractivity contribution < 1.29 is 4.79 Å². The number of nitrogens with two attached hydrogens (primary N) is 1. The van der Waals surface area contributed by atoms with Gasteiger partial charge >= 0.3 is 0 Å². The van der Waals surface area contributed by atoms with Gasteiger partial charge in [0.15, 0.2) is 0 Å². The zero-order valence-corrected chi connectivity index (χ0v) is 16.1. The van der Waals surface area contributed by atoms with Crippen molar-refractivity contribution in [2.24, 2.45) is 5.73 Å². The van der Waals surface area contributed by atoms with Crippen LogP contribution in [0.2, 0.25) is 0 Å². The smallest absolute Gasteiger partial charge is 0.261 e. The Hall–Kier alpha value is -2.11. The summed E-state index contributed by atoms with van der Waals surface area (Å²) < 4.78 is 0. The maximum atomic E-state index is 13.0. The molecule has 0 radical (unpaired) electrons. The van der Waals surface area contributed by atoms with E-state index in [1.54, 1.807) is 4.90 Å². The molecular formula is C21H26ClN3O2. The number of carbonyl (C=O) groups excluding carboxylic acids is 1. The fourth-order valence-electron chi connectivity index (χ4n) is 4.23. The van der Waals surface area contributed by atoms with Crippen molar-refractivity contribution in [1.82, 2.24) is 9.88 Å². The van der Waals surface area contributed by atoms with E-state index in [0.717, 1.165) is 42.5 Å². The number of H-pyrrole nitrogens is 1. The summed E-state index contributed by atoms with van der Waals surface area (Å²) in [6.07, 6.45) is 5.19. The molecule has 1 aliphatic carbocycles. The van der Waals surface area contributed by atoms with Crippen LogP contribution in [0, 0.1) is 0 Å². The predicted molar refractivity (Wildman–Crippen MR) is 109 cm³/mol. The number of carbonyl (C=O) groups is 1. The Kier molecular flexibility index (Phi) is 6.02. The highest BCUT2D eigenvalue weighted by Crippen LogP contribution is 2.27. The minimum Gasteiger partial charge on any atom is -0.336 e. The molecule has 4 rings (SSSR count). The number of pyridine rings is 1. The second kappa shape index (κ2) is 8.28. The van der Waals surface area contributed by atoms with Gasteiger partial charge in [-0.1, -0.05) is 36.8 Å². The summed E-state index contributed by atoms with van der Waals surface area (Å²) in [6, 6.07) is 11.8. The van der Waals surface area contributed by atoms with Gasteiger partial charge < -0.3 is 15.6 Å². The minimum absolute atomic E-state index is 0. The molecule has 0 saturated carbocycles. The normalized spacial score (nSPS) is 21.9. The molecule has 0 spiro atoms. The summed E-state index contributed by atoms with van der Waals surface area (Å²) in [7, 11) is 0. The highest BCUT2D eigenvalue weighted by molar-refractivity contribution is 5.94. The predicted octanol–water partition coefficient (Wildman–Crippen LogP) is 2.63. The molecule has 0 bridgehead atoms. The number of hydrogen-bond acceptors (Lipinski definition) is 3. The van der Waals surface area contributed by atoms with Crippen LogP contribution in [0.25, 0.3) is 0 Å². The first-order valence-electron chi connectivity index (χ1n) is 9.48. The molecule has 2 aliphatic rings. The van der Waals surface area contributed by atoms with Crippen LogP contribution in [0.4, 0.5) is 0 Å².